The Balaban J connectivity index is 2.11. The van der Waals surface area contributed by atoms with Crippen LogP contribution in [0.15, 0.2) is 24.3 Å². The monoisotopic (exact) mass is 324 g/mol. The van der Waals surface area contributed by atoms with E-state index in [1.807, 2.05) is 6.07 Å². The van der Waals surface area contributed by atoms with Gasteiger partial charge in [0.2, 0.25) is 15.9 Å². The average molecular weight is 324 g/mol. The Kier molecular flexibility index (Phi) is 4.52. The van der Waals surface area contributed by atoms with E-state index in [9.17, 15) is 13.2 Å². The van der Waals surface area contributed by atoms with Gasteiger partial charge in [0, 0.05) is 25.3 Å². The molecule has 0 saturated carbocycles. The van der Waals surface area contributed by atoms with Gasteiger partial charge in [0.25, 0.3) is 0 Å². The molecule has 1 aromatic carbocycles. The maximum Gasteiger partial charge on any atom is 0.239 e. The zero-order valence-electron chi connectivity index (χ0n) is 12.4. The van der Waals surface area contributed by atoms with Gasteiger partial charge in [0.15, 0.2) is 5.82 Å². The number of hydrogen-bond acceptors (Lipinski definition) is 6. The van der Waals surface area contributed by atoms with E-state index in [4.69, 9.17) is 0 Å². The molecule has 0 atom stereocenters. The molecule has 0 aliphatic rings. The molecule has 0 fully saturated rings. The van der Waals surface area contributed by atoms with Gasteiger partial charge in [0.05, 0.1) is 12.8 Å². The Morgan fingerprint density at radius 3 is 2.73 bits per heavy atom. The summed E-state index contributed by atoms with van der Waals surface area (Å²) in [4.78, 5) is 11.9. The first-order valence-corrected chi connectivity index (χ1v) is 8.16. The third-order valence-electron chi connectivity index (χ3n) is 2.96. The molecule has 1 aromatic heterocycles. The number of benzene rings is 1. The lowest BCUT2D eigenvalue weighted by molar-refractivity contribution is -0.116. The highest BCUT2D eigenvalue weighted by atomic mass is 32.2. The molecule has 0 radical (unpaired) electrons. The fraction of sp³-hybridized carbons (Fsp3) is 0.333. The Labute approximate surface area is 128 Å². The van der Waals surface area contributed by atoms with Gasteiger partial charge in [-0.3, -0.25) is 4.79 Å². The van der Waals surface area contributed by atoms with Crippen molar-refractivity contribution in [3.63, 3.8) is 0 Å². The van der Waals surface area contributed by atoms with Crippen molar-refractivity contribution in [2.75, 3.05) is 25.2 Å². The number of sulfonamides is 1. The minimum Gasteiger partial charge on any atom is -0.325 e. The number of carbonyl (C=O) groups excluding carboxylic acids is 1. The van der Waals surface area contributed by atoms with Gasteiger partial charge in [-0.05, 0) is 22.6 Å². The number of rotatable bonds is 5. The summed E-state index contributed by atoms with van der Waals surface area (Å²) in [6.45, 7) is -0.255. The summed E-state index contributed by atoms with van der Waals surface area (Å²) in [5.41, 5.74) is 1.27. The first-order chi connectivity index (χ1) is 10.3. The molecule has 22 heavy (non-hydrogen) atoms. The van der Waals surface area contributed by atoms with Crippen LogP contribution < -0.4 is 5.32 Å². The van der Waals surface area contributed by atoms with Crippen molar-refractivity contribution in [1.82, 2.24) is 24.5 Å². The number of carbonyl (C=O) groups is 1. The van der Waals surface area contributed by atoms with E-state index < -0.39 is 15.9 Å². The number of amides is 1. The number of nitrogens with one attached hydrogen (secondary N) is 1. The molecule has 1 N–H and O–H groups in total. The molecule has 0 saturated heterocycles. The normalized spacial score (nSPS) is 11.6. The quantitative estimate of drug-likeness (QED) is 0.809. The first kappa shape index (κ1) is 16.0. The molecule has 118 valence electrons. The van der Waals surface area contributed by atoms with E-state index in [0.29, 0.717) is 11.5 Å². The lowest BCUT2D eigenvalue weighted by atomic mass is 10.2. The summed E-state index contributed by atoms with van der Waals surface area (Å²) in [6.07, 6.45) is 1.04. The Morgan fingerprint density at radius 1 is 1.41 bits per heavy atom. The highest BCUT2D eigenvalue weighted by Gasteiger charge is 2.15. The maximum atomic E-state index is 11.9. The van der Waals surface area contributed by atoms with Gasteiger partial charge in [0.1, 0.15) is 0 Å². The SMILES string of the molecule is CN(CC(=O)Nc1cccc(-c2nnnn2C)c1)S(C)(=O)=O. The number of aromatic nitrogens is 4. The molecule has 2 aromatic rings. The summed E-state index contributed by atoms with van der Waals surface area (Å²) in [5, 5.41) is 13.8. The third-order valence-corrected chi connectivity index (χ3v) is 4.22. The summed E-state index contributed by atoms with van der Waals surface area (Å²) < 4.78 is 25.1. The van der Waals surface area contributed by atoms with E-state index in [1.165, 1.54) is 11.7 Å². The number of aryl methyl sites for hydroxylation is 1. The molecule has 2 rings (SSSR count). The molecule has 0 bridgehead atoms. The van der Waals surface area contributed by atoms with Crippen molar-refractivity contribution >= 4 is 21.6 Å². The summed E-state index contributed by atoms with van der Waals surface area (Å²) in [7, 11) is -0.343. The summed E-state index contributed by atoms with van der Waals surface area (Å²) in [6, 6.07) is 6.97. The van der Waals surface area contributed by atoms with Crippen molar-refractivity contribution in [1.29, 1.82) is 0 Å². The van der Waals surface area contributed by atoms with E-state index in [1.54, 1.807) is 25.2 Å². The lowest BCUT2D eigenvalue weighted by Gasteiger charge is -2.14. The predicted octanol–water partition coefficient (Wildman–Crippen LogP) is -0.293. The van der Waals surface area contributed by atoms with Crippen LogP contribution in [0.4, 0.5) is 5.69 Å². The molecule has 0 spiro atoms. The van der Waals surface area contributed by atoms with E-state index >= 15 is 0 Å². The standard InChI is InChI=1S/C12H16N6O3S/c1-17(22(3,20)21)8-11(19)13-10-6-4-5-9(7-10)12-14-15-16-18(12)2/h4-7H,8H2,1-3H3,(H,13,19). The highest BCUT2D eigenvalue weighted by Crippen LogP contribution is 2.19. The molecule has 0 aliphatic heterocycles. The topological polar surface area (TPSA) is 110 Å². The molecular weight excluding hydrogens is 308 g/mol. The van der Waals surface area contributed by atoms with Gasteiger partial charge in [-0.25, -0.2) is 13.1 Å². The second-order valence-corrected chi connectivity index (χ2v) is 6.86. The van der Waals surface area contributed by atoms with Crippen LogP contribution in [0.5, 0.6) is 0 Å². The average Bonchev–Trinajstić information content (AvgIpc) is 2.84. The fourth-order valence-corrected chi connectivity index (χ4v) is 2.08. The van der Waals surface area contributed by atoms with Crippen molar-refractivity contribution in [3.05, 3.63) is 24.3 Å². The van der Waals surface area contributed by atoms with Crippen molar-refractivity contribution in [2.24, 2.45) is 7.05 Å². The molecule has 1 heterocycles. The van der Waals surface area contributed by atoms with Crippen LogP contribution in [0.2, 0.25) is 0 Å². The van der Waals surface area contributed by atoms with Crippen molar-refractivity contribution in [2.45, 2.75) is 0 Å². The fourth-order valence-electron chi connectivity index (χ4n) is 1.73. The second-order valence-electron chi connectivity index (χ2n) is 4.77. The van der Waals surface area contributed by atoms with Crippen LogP contribution in [0, 0.1) is 0 Å². The molecule has 1 amide bonds. The number of tetrazole rings is 1. The Morgan fingerprint density at radius 2 is 2.14 bits per heavy atom. The third kappa shape index (κ3) is 3.86. The van der Waals surface area contributed by atoms with Crippen LogP contribution in [0.3, 0.4) is 0 Å². The van der Waals surface area contributed by atoms with Crippen LogP contribution in [-0.2, 0) is 21.9 Å². The van der Waals surface area contributed by atoms with Crippen molar-refractivity contribution < 1.29 is 13.2 Å². The summed E-state index contributed by atoms with van der Waals surface area (Å²) >= 11 is 0. The molecule has 9 nitrogen and oxygen atoms in total. The number of anilines is 1. The van der Waals surface area contributed by atoms with Gasteiger partial charge in [-0.1, -0.05) is 12.1 Å². The van der Waals surface area contributed by atoms with Gasteiger partial charge in [-0.2, -0.15) is 4.31 Å². The lowest BCUT2D eigenvalue weighted by Crippen LogP contribution is -2.34. The minimum atomic E-state index is -3.40. The van der Waals surface area contributed by atoms with Crippen LogP contribution in [0.25, 0.3) is 11.4 Å². The summed E-state index contributed by atoms with van der Waals surface area (Å²) in [5.74, 6) is 0.130. The number of hydrogen-bond donors (Lipinski definition) is 1. The van der Waals surface area contributed by atoms with Crippen molar-refractivity contribution in [3.8, 4) is 11.4 Å². The number of nitrogens with zero attached hydrogens (tertiary/aromatic N) is 5. The largest absolute Gasteiger partial charge is 0.325 e. The second kappa shape index (κ2) is 6.20. The zero-order chi connectivity index (χ0) is 16.3. The zero-order valence-corrected chi connectivity index (χ0v) is 13.2. The maximum absolute atomic E-state index is 11.9. The molecule has 0 aliphatic carbocycles. The van der Waals surface area contributed by atoms with Gasteiger partial charge >= 0.3 is 0 Å². The highest BCUT2D eigenvalue weighted by molar-refractivity contribution is 7.88. The molecular formula is C12H16N6O3S. The van der Waals surface area contributed by atoms with E-state index in [2.05, 4.69) is 20.8 Å². The van der Waals surface area contributed by atoms with Crippen LogP contribution >= 0.6 is 0 Å². The molecule has 10 heteroatoms. The van der Waals surface area contributed by atoms with Gasteiger partial charge < -0.3 is 5.32 Å². The van der Waals surface area contributed by atoms with Gasteiger partial charge in [-0.15, -0.1) is 5.10 Å². The smallest absolute Gasteiger partial charge is 0.239 e. The van der Waals surface area contributed by atoms with E-state index in [0.717, 1.165) is 16.1 Å². The first-order valence-electron chi connectivity index (χ1n) is 6.31. The van der Waals surface area contributed by atoms with Crippen LogP contribution in [-0.4, -0.2) is 58.7 Å². The number of likely N-dealkylation sites (N-methyl/N-ethyl adjacent to an activating group) is 1. The Hall–Kier alpha value is -2.33. The van der Waals surface area contributed by atoms with E-state index in [-0.39, 0.29) is 6.54 Å². The molecule has 0 unspecified atom stereocenters. The predicted molar refractivity (Wildman–Crippen MR) is 80.3 cm³/mol. The minimum absolute atomic E-state index is 0.255. The Bertz CT molecular complexity index is 786. The van der Waals surface area contributed by atoms with Crippen LogP contribution in [0.1, 0.15) is 0 Å².